The predicted octanol–water partition coefficient (Wildman–Crippen LogP) is 2.96. The molecule has 4 rings (SSSR count). The number of hydrogen-bond acceptors (Lipinski definition) is 4. The molecule has 2 aromatic heterocycles. The molecule has 0 aliphatic rings. The van der Waals surface area contributed by atoms with Gasteiger partial charge in [0.1, 0.15) is 0 Å². The van der Waals surface area contributed by atoms with Gasteiger partial charge in [-0.05, 0) is 40.2 Å². The van der Waals surface area contributed by atoms with Gasteiger partial charge in [-0.25, -0.2) is 0 Å². The van der Waals surface area contributed by atoms with E-state index in [4.69, 9.17) is 0 Å². The van der Waals surface area contributed by atoms with Gasteiger partial charge < -0.3 is 5.32 Å². The fourth-order valence-electron chi connectivity index (χ4n) is 2.79. The maximum atomic E-state index is 12.4. The number of halogens is 1. The Labute approximate surface area is 145 Å². The number of fused-ring (bicyclic) bond motifs is 3. The number of rotatable bonds is 3. The summed E-state index contributed by atoms with van der Waals surface area (Å²) in [5, 5.41) is 12.5. The molecule has 24 heavy (non-hydrogen) atoms. The van der Waals surface area contributed by atoms with E-state index in [1.165, 1.54) is 4.57 Å². The summed E-state index contributed by atoms with van der Waals surface area (Å²) >= 11 is 3.52. The summed E-state index contributed by atoms with van der Waals surface area (Å²) < 4.78 is 4.42. The van der Waals surface area contributed by atoms with Crippen LogP contribution in [0.5, 0.6) is 0 Å². The smallest absolute Gasteiger partial charge is 0.262 e. The van der Waals surface area contributed by atoms with Gasteiger partial charge in [0.25, 0.3) is 5.56 Å². The van der Waals surface area contributed by atoms with E-state index in [1.54, 1.807) is 7.05 Å². The molecule has 7 heteroatoms. The highest BCUT2D eigenvalue weighted by Gasteiger charge is 2.14. The van der Waals surface area contributed by atoms with Crippen molar-refractivity contribution in [1.29, 1.82) is 0 Å². The molecule has 0 aliphatic heterocycles. The molecule has 0 aliphatic carbocycles. The lowest BCUT2D eigenvalue weighted by atomic mass is 10.2. The molecule has 0 radical (unpaired) electrons. The molecular formula is C17H14BrN5O. The zero-order valence-electron chi connectivity index (χ0n) is 12.9. The van der Waals surface area contributed by atoms with Gasteiger partial charge in [0.05, 0.1) is 17.4 Å². The van der Waals surface area contributed by atoms with E-state index in [1.807, 2.05) is 52.9 Å². The molecule has 120 valence electrons. The number of nitrogens with zero attached hydrogens (tertiary/aromatic N) is 4. The molecule has 0 spiro atoms. The monoisotopic (exact) mass is 383 g/mol. The number of hydrogen-bond donors (Lipinski definition) is 1. The number of nitrogens with one attached hydrogen (secondary N) is 1. The highest BCUT2D eigenvalue weighted by Crippen LogP contribution is 2.22. The highest BCUT2D eigenvalue weighted by atomic mass is 79.9. The normalized spacial score (nSPS) is 11.2. The van der Waals surface area contributed by atoms with Gasteiger partial charge in [-0.15, -0.1) is 10.2 Å². The van der Waals surface area contributed by atoms with Crippen molar-refractivity contribution in [1.82, 2.24) is 19.2 Å². The summed E-state index contributed by atoms with van der Waals surface area (Å²) in [7, 11) is 1.71. The van der Waals surface area contributed by atoms with Crippen LogP contribution in [0, 0.1) is 0 Å². The molecule has 4 aromatic rings. The van der Waals surface area contributed by atoms with E-state index in [0.29, 0.717) is 17.7 Å². The van der Waals surface area contributed by atoms with Crippen molar-refractivity contribution in [3.05, 3.63) is 69.2 Å². The second-order valence-electron chi connectivity index (χ2n) is 5.47. The predicted molar refractivity (Wildman–Crippen MR) is 97.2 cm³/mol. The first kappa shape index (κ1) is 14.9. The number of benzene rings is 2. The molecule has 0 amide bonds. The zero-order chi connectivity index (χ0) is 16.7. The van der Waals surface area contributed by atoms with Crippen molar-refractivity contribution in [2.24, 2.45) is 7.05 Å². The summed E-state index contributed by atoms with van der Waals surface area (Å²) in [5.41, 5.74) is 1.71. The Bertz CT molecular complexity index is 1120. The summed E-state index contributed by atoms with van der Waals surface area (Å²) in [6, 6.07) is 15.4. The van der Waals surface area contributed by atoms with E-state index in [-0.39, 0.29) is 5.56 Å². The van der Waals surface area contributed by atoms with Crippen molar-refractivity contribution in [3.63, 3.8) is 0 Å². The van der Waals surface area contributed by atoms with Gasteiger partial charge in [-0.3, -0.25) is 13.8 Å². The molecule has 0 saturated heterocycles. The minimum absolute atomic E-state index is 0.0733. The SMILES string of the molecule is Cn1c(=O)c2ccccc2n2c(CNc3ccccc3Br)nnc12. The molecule has 2 aromatic carbocycles. The third-order valence-electron chi connectivity index (χ3n) is 4.00. The van der Waals surface area contributed by atoms with E-state index in [0.717, 1.165) is 21.5 Å². The summed E-state index contributed by atoms with van der Waals surface area (Å²) in [6.45, 7) is 0.492. The van der Waals surface area contributed by atoms with Crippen LogP contribution in [0.4, 0.5) is 5.69 Å². The van der Waals surface area contributed by atoms with Crippen LogP contribution < -0.4 is 10.9 Å². The molecule has 0 fully saturated rings. The minimum atomic E-state index is -0.0733. The first-order valence-corrected chi connectivity index (χ1v) is 8.26. The van der Waals surface area contributed by atoms with Gasteiger partial charge in [0.15, 0.2) is 5.82 Å². The number of para-hydroxylation sites is 2. The van der Waals surface area contributed by atoms with Gasteiger partial charge in [-0.1, -0.05) is 24.3 Å². The lowest BCUT2D eigenvalue weighted by Gasteiger charge is -2.10. The van der Waals surface area contributed by atoms with Crippen LogP contribution in [0.2, 0.25) is 0 Å². The van der Waals surface area contributed by atoms with Crippen molar-refractivity contribution < 1.29 is 0 Å². The van der Waals surface area contributed by atoms with Crippen molar-refractivity contribution in [2.45, 2.75) is 6.54 Å². The van der Waals surface area contributed by atoms with Crippen LogP contribution in [0.1, 0.15) is 5.82 Å². The number of anilines is 1. The Morgan fingerprint density at radius 2 is 1.83 bits per heavy atom. The fourth-order valence-corrected chi connectivity index (χ4v) is 3.21. The van der Waals surface area contributed by atoms with Crippen molar-refractivity contribution >= 4 is 38.3 Å². The number of aryl methyl sites for hydroxylation is 1. The topological polar surface area (TPSA) is 64.2 Å². The first-order valence-electron chi connectivity index (χ1n) is 7.47. The number of aromatic nitrogens is 4. The lowest BCUT2D eigenvalue weighted by Crippen LogP contribution is -2.20. The third-order valence-corrected chi connectivity index (χ3v) is 4.70. The molecule has 0 bridgehead atoms. The molecule has 0 atom stereocenters. The van der Waals surface area contributed by atoms with Gasteiger partial charge in [0, 0.05) is 17.2 Å². The first-order chi connectivity index (χ1) is 11.7. The Morgan fingerprint density at radius 3 is 2.67 bits per heavy atom. The molecule has 1 N–H and O–H groups in total. The largest absolute Gasteiger partial charge is 0.377 e. The van der Waals surface area contributed by atoms with Crippen LogP contribution in [0.15, 0.2) is 57.8 Å². The Morgan fingerprint density at radius 1 is 1.08 bits per heavy atom. The molecule has 2 heterocycles. The second kappa shape index (κ2) is 5.76. The van der Waals surface area contributed by atoms with E-state index in [2.05, 4.69) is 31.4 Å². The molecule has 6 nitrogen and oxygen atoms in total. The third kappa shape index (κ3) is 2.28. The maximum absolute atomic E-state index is 12.4. The molecule has 0 unspecified atom stereocenters. The van der Waals surface area contributed by atoms with E-state index in [9.17, 15) is 4.79 Å². The van der Waals surface area contributed by atoms with E-state index < -0.39 is 0 Å². The fraction of sp³-hybridized carbons (Fsp3) is 0.118. The van der Waals surface area contributed by atoms with Crippen LogP contribution in [-0.4, -0.2) is 19.2 Å². The van der Waals surface area contributed by atoms with Gasteiger partial charge in [0.2, 0.25) is 5.78 Å². The minimum Gasteiger partial charge on any atom is -0.377 e. The van der Waals surface area contributed by atoms with Crippen LogP contribution in [0.3, 0.4) is 0 Å². The van der Waals surface area contributed by atoms with Crippen molar-refractivity contribution in [2.75, 3.05) is 5.32 Å². The quantitative estimate of drug-likeness (QED) is 0.590. The Kier molecular flexibility index (Phi) is 3.57. The second-order valence-corrected chi connectivity index (χ2v) is 6.32. The van der Waals surface area contributed by atoms with Crippen LogP contribution in [-0.2, 0) is 13.6 Å². The van der Waals surface area contributed by atoms with Crippen molar-refractivity contribution in [3.8, 4) is 0 Å². The summed E-state index contributed by atoms with van der Waals surface area (Å²) in [6.07, 6.45) is 0. The van der Waals surface area contributed by atoms with E-state index >= 15 is 0 Å². The summed E-state index contributed by atoms with van der Waals surface area (Å²) in [4.78, 5) is 12.4. The maximum Gasteiger partial charge on any atom is 0.262 e. The molecule has 0 saturated carbocycles. The zero-order valence-corrected chi connectivity index (χ0v) is 14.5. The lowest BCUT2D eigenvalue weighted by molar-refractivity contribution is 0.855. The standard InChI is InChI=1S/C17H14BrN5O/c1-22-16(24)11-6-2-5-9-14(11)23-15(20-21-17(22)23)10-19-13-8-4-3-7-12(13)18/h2-9,19H,10H2,1H3. The molecular weight excluding hydrogens is 370 g/mol. The van der Waals surface area contributed by atoms with Gasteiger partial charge in [-0.2, -0.15) is 0 Å². The van der Waals surface area contributed by atoms with Crippen LogP contribution >= 0.6 is 15.9 Å². The average Bonchev–Trinajstić information content (AvgIpc) is 3.03. The Hall–Kier alpha value is -2.67. The Balaban J connectivity index is 1.85. The summed E-state index contributed by atoms with van der Waals surface area (Å²) in [5.74, 6) is 1.27. The van der Waals surface area contributed by atoms with Crippen LogP contribution in [0.25, 0.3) is 16.7 Å². The highest BCUT2D eigenvalue weighted by molar-refractivity contribution is 9.10. The average molecular weight is 384 g/mol. The van der Waals surface area contributed by atoms with Gasteiger partial charge >= 0.3 is 0 Å².